The average molecular weight is 335 g/mol. The minimum Gasteiger partial charge on any atom is -0.423 e. The van der Waals surface area contributed by atoms with Crippen molar-refractivity contribution in [1.29, 1.82) is 0 Å². The van der Waals surface area contributed by atoms with E-state index >= 15 is 0 Å². The van der Waals surface area contributed by atoms with Crippen molar-refractivity contribution in [2.24, 2.45) is 0 Å². The molecule has 1 aliphatic heterocycles. The van der Waals surface area contributed by atoms with Crippen molar-refractivity contribution in [2.45, 2.75) is 37.0 Å². The van der Waals surface area contributed by atoms with Crippen molar-refractivity contribution in [3.05, 3.63) is 24.3 Å². The van der Waals surface area contributed by atoms with Crippen LogP contribution < -0.4 is 4.90 Å². The van der Waals surface area contributed by atoms with Gasteiger partial charge in [-0.15, -0.1) is 0 Å². The van der Waals surface area contributed by atoms with Crippen molar-refractivity contribution >= 4 is 27.1 Å². The Balaban J connectivity index is 1.44. The molecule has 2 aliphatic rings. The molecule has 7 heteroatoms. The number of fused-ring (bicyclic) bond motifs is 1. The number of anilines is 1. The van der Waals surface area contributed by atoms with Gasteiger partial charge in [0.15, 0.2) is 5.58 Å². The Hall–Kier alpha value is -1.60. The molecule has 2 heterocycles. The molecule has 1 saturated carbocycles. The first-order valence-electron chi connectivity index (χ1n) is 8.13. The number of sulfonamides is 1. The van der Waals surface area contributed by atoms with E-state index in [0.29, 0.717) is 6.01 Å². The summed E-state index contributed by atoms with van der Waals surface area (Å²) in [6.07, 6.45) is 3.24. The van der Waals surface area contributed by atoms with E-state index in [-0.39, 0.29) is 11.3 Å². The molecule has 1 aliphatic carbocycles. The van der Waals surface area contributed by atoms with Crippen molar-refractivity contribution in [3.63, 3.8) is 0 Å². The van der Waals surface area contributed by atoms with E-state index in [9.17, 15) is 8.42 Å². The van der Waals surface area contributed by atoms with Gasteiger partial charge in [0.1, 0.15) is 5.52 Å². The normalized spacial score (nSPS) is 20.5. The Bertz CT molecular complexity index is 772. The molecule has 1 saturated heterocycles. The zero-order valence-corrected chi connectivity index (χ0v) is 14.0. The number of nitrogens with zero attached hydrogens (tertiary/aromatic N) is 3. The van der Waals surface area contributed by atoms with Crippen LogP contribution in [-0.2, 0) is 10.0 Å². The van der Waals surface area contributed by atoms with Gasteiger partial charge in [0.25, 0.3) is 6.01 Å². The summed E-state index contributed by atoms with van der Waals surface area (Å²) in [5.74, 6) is 0. The molecule has 0 atom stereocenters. The minimum absolute atomic E-state index is 0.0845. The molecule has 6 nitrogen and oxygen atoms in total. The maximum absolute atomic E-state index is 12.3. The first-order chi connectivity index (χ1) is 11.1. The van der Waals surface area contributed by atoms with Gasteiger partial charge >= 0.3 is 0 Å². The van der Waals surface area contributed by atoms with Crippen molar-refractivity contribution in [1.82, 2.24) is 9.29 Å². The van der Waals surface area contributed by atoms with Gasteiger partial charge in [-0.1, -0.05) is 12.1 Å². The van der Waals surface area contributed by atoms with Crippen LogP contribution in [0.4, 0.5) is 6.01 Å². The molecule has 0 bridgehead atoms. The molecule has 0 amide bonds. The highest BCUT2D eigenvalue weighted by Gasteiger charge is 2.41. The zero-order valence-electron chi connectivity index (χ0n) is 13.2. The monoisotopic (exact) mass is 335 g/mol. The fourth-order valence-corrected chi connectivity index (χ4v) is 5.05. The van der Waals surface area contributed by atoms with Crippen molar-refractivity contribution in [3.8, 4) is 0 Å². The number of hydrogen-bond donors (Lipinski definition) is 0. The van der Waals surface area contributed by atoms with Crippen LogP contribution >= 0.6 is 0 Å². The van der Waals surface area contributed by atoms with Crippen LogP contribution in [0.25, 0.3) is 11.1 Å². The fourth-order valence-electron chi connectivity index (χ4n) is 3.22. The fraction of sp³-hybridized carbons (Fsp3) is 0.562. The van der Waals surface area contributed by atoms with Gasteiger partial charge in [-0.3, -0.25) is 0 Å². The predicted molar refractivity (Wildman–Crippen MR) is 88.9 cm³/mol. The third-order valence-corrected chi connectivity index (χ3v) is 7.29. The summed E-state index contributed by atoms with van der Waals surface area (Å²) < 4.78 is 32.1. The van der Waals surface area contributed by atoms with E-state index in [4.69, 9.17) is 4.42 Å². The number of rotatable bonds is 4. The number of hydrogen-bond acceptors (Lipinski definition) is 5. The first-order valence-corrected chi connectivity index (χ1v) is 9.63. The lowest BCUT2D eigenvalue weighted by Gasteiger charge is -2.35. The standard InChI is InChI=1S/C16H21N3O3S/c1-18(23(20,21)13-6-7-13)12-8-10-19(11-9-12)16-17-14-4-2-3-5-15(14)22-16/h2-5,12-13H,6-11H2,1H3. The number of piperidine rings is 1. The molecule has 4 rings (SSSR count). The molecule has 0 N–H and O–H groups in total. The molecule has 0 unspecified atom stereocenters. The smallest absolute Gasteiger partial charge is 0.298 e. The lowest BCUT2D eigenvalue weighted by Crippen LogP contribution is -2.46. The van der Waals surface area contributed by atoms with Gasteiger partial charge in [0.2, 0.25) is 10.0 Å². The van der Waals surface area contributed by atoms with Gasteiger partial charge in [0, 0.05) is 26.2 Å². The number of aromatic nitrogens is 1. The molecular weight excluding hydrogens is 314 g/mol. The summed E-state index contributed by atoms with van der Waals surface area (Å²) in [4.78, 5) is 6.63. The summed E-state index contributed by atoms with van der Waals surface area (Å²) in [6, 6.07) is 8.44. The van der Waals surface area contributed by atoms with E-state index in [1.807, 2.05) is 24.3 Å². The predicted octanol–water partition coefficient (Wildman–Crippen LogP) is 2.22. The molecular formula is C16H21N3O3S. The van der Waals surface area contributed by atoms with Crippen LogP contribution in [0.2, 0.25) is 0 Å². The van der Waals surface area contributed by atoms with Crippen LogP contribution in [0.1, 0.15) is 25.7 Å². The number of benzene rings is 1. The molecule has 0 radical (unpaired) electrons. The molecule has 124 valence electrons. The van der Waals surface area contributed by atoms with Crippen LogP contribution in [0.5, 0.6) is 0 Å². The highest BCUT2D eigenvalue weighted by Crippen LogP contribution is 2.33. The highest BCUT2D eigenvalue weighted by atomic mass is 32.2. The van der Waals surface area contributed by atoms with Crippen molar-refractivity contribution < 1.29 is 12.8 Å². The second kappa shape index (κ2) is 5.49. The third kappa shape index (κ3) is 2.72. The summed E-state index contributed by atoms with van der Waals surface area (Å²) >= 11 is 0. The highest BCUT2D eigenvalue weighted by molar-refractivity contribution is 7.90. The molecule has 23 heavy (non-hydrogen) atoms. The first kappa shape index (κ1) is 15.0. The zero-order chi connectivity index (χ0) is 16.0. The van der Waals surface area contributed by atoms with E-state index in [2.05, 4.69) is 9.88 Å². The third-order valence-electron chi connectivity index (χ3n) is 4.88. The molecule has 0 spiro atoms. The van der Waals surface area contributed by atoms with Gasteiger partial charge in [-0.25, -0.2) is 12.7 Å². The lowest BCUT2D eigenvalue weighted by atomic mass is 10.1. The lowest BCUT2D eigenvalue weighted by molar-refractivity contribution is 0.306. The van der Waals surface area contributed by atoms with Crippen LogP contribution in [0.3, 0.4) is 0 Å². The van der Waals surface area contributed by atoms with Crippen molar-refractivity contribution in [2.75, 3.05) is 25.0 Å². The SMILES string of the molecule is CN(C1CCN(c2nc3ccccc3o2)CC1)S(=O)(=O)C1CC1. The maximum Gasteiger partial charge on any atom is 0.298 e. The van der Waals surface area contributed by atoms with Gasteiger partial charge in [-0.05, 0) is 37.8 Å². The Morgan fingerprint density at radius 1 is 1.17 bits per heavy atom. The molecule has 1 aromatic carbocycles. The number of oxazole rings is 1. The van der Waals surface area contributed by atoms with Crippen LogP contribution in [-0.4, -0.2) is 49.1 Å². The average Bonchev–Trinajstić information content (AvgIpc) is 3.34. The summed E-state index contributed by atoms with van der Waals surface area (Å²) in [5.41, 5.74) is 1.65. The van der Waals surface area contributed by atoms with Gasteiger partial charge in [0.05, 0.1) is 5.25 Å². The largest absolute Gasteiger partial charge is 0.423 e. The van der Waals surface area contributed by atoms with E-state index in [0.717, 1.165) is 49.9 Å². The van der Waals surface area contributed by atoms with E-state index in [1.54, 1.807) is 11.4 Å². The summed E-state index contributed by atoms with van der Waals surface area (Å²) in [7, 11) is -1.36. The molecule has 2 fully saturated rings. The topological polar surface area (TPSA) is 66.7 Å². The maximum atomic E-state index is 12.3. The van der Waals surface area contributed by atoms with Gasteiger partial charge < -0.3 is 9.32 Å². The number of para-hydroxylation sites is 2. The second-order valence-corrected chi connectivity index (χ2v) is 8.72. The van der Waals surface area contributed by atoms with Gasteiger partial charge in [-0.2, -0.15) is 4.98 Å². The quantitative estimate of drug-likeness (QED) is 0.857. The molecule has 2 aromatic rings. The van der Waals surface area contributed by atoms with E-state index < -0.39 is 10.0 Å². The molecule has 1 aromatic heterocycles. The Morgan fingerprint density at radius 3 is 2.52 bits per heavy atom. The second-order valence-electron chi connectivity index (χ2n) is 6.44. The Labute approximate surface area is 136 Å². The summed E-state index contributed by atoms with van der Waals surface area (Å²) in [5, 5.41) is -0.137. The minimum atomic E-state index is -3.09. The summed E-state index contributed by atoms with van der Waals surface area (Å²) in [6.45, 7) is 1.53. The Kier molecular flexibility index (Phi) is 3.57. The van der Waals surface area contributed by atoms with E-state index in [1.165, 1.54) is 0 Å². The Morgan fingerprint density at radius 2 is 1.87 bits per heavy atom. The van der Waals surface area contributed by atoms with Crippen LogP contribution in [0.15, 0.2) is 28.7 Å². The van der Waals surface area contributed by atoms with Crippen LogP contribution in [0, 0.1) is 0 Å².